The van der Waals surface area contributed by atoms with Crippen molar-refractivity contribution in [3.8, 4) is 0 Å². The molecule has 2 N–H and O–H groups in total. The number of hydrogen-bond acceptors (Lipinski definition) is 4. The van der Waals surface area contributed by atoms with Crippen LogP contribution >= 0.6 is 0 Å². The quantitative estimate of drug-likeness (QED) is 0.495. The lowest BCUT2D eigenvalue weighted by Gasteiger charge is -2.45. The van der Waals surface area contributed by atoms with Gasteiger partial charge in [0.05, 0.1) is 12.1 Å². The number of hydrogen-bond donors (Lipinski definition) is 2. The van der Waals surface area contributed by atoms with Gasteiger partial charge in [0.25, 0.3) is 0 Å². The minimum Gasteiger partial charge on any atom is -0.478 e. The molecular weight excluding hydrogens is 406 g/mol. The summed E-state index contributed by atoms with van der Waals surface area (Å²) in [7, 11) is 1.69. The summed E-state index contributed by atoms with van der Waals surface area (Å²) in [5.41, 5.74) is 0.117. The van der Waals surface area contributed by atoms with Crippen molar-refractivity contribution in [3.63, 3.8) is 0 Å². The summed E-state index contributed by atoms with van der Waals surface area (Å²) in [5, 5.41) is 12.3. The van der Waals surface area contributed by atoms with E-state index in [0.29, 0.717) is 0 Å². The molecule has 184 valence electrons. The predicted octanol–water partition coefficient (Wildman–Crippen LogP) is 3.68. The van der Waals surface area contributed by atoms with E-state index in [1.807, 2.05) is 27.7 Å². The molecule has 3 unspecified atom stereocenters. The fourth-order valence-electron chi connectivity index (χ4n) is 4.34. The van der Waals surface area contributed by atoms with Gasteiger partial charge in [-0.2, -0.15) is 0 Å². The lowest BCUT2D eigenvalue weighted by molar-refractivity contribution is -0.141. The Balaban J connectivity index is 3.11. The minimum absolute atomic E-state index is 0.0287. The van der Waals surface area contributed by atoms with Gasteiger partial charge in [0, 0.05) is 18.2 Å². The van der Waals surface area contributed by atoms with Gasteiger partial charge >= 0.3 is 5.97 Å². The molecule has 1 aliphatic heterocycles. The predicted molar refractivity (Wildman–Crippen MR) is 128 cm³/mol. The molecule has 7 nitrogen and oxygen atoms in total. The Hall–Kier alpha value is -1.89. The Morgan fingerprint density at radius 3 is 2.22 bits per heavy atom. The first-order valence-corrected chi connectivity index (χ1v) is 12.0. The summed E-state index contributed by atoms with van der Waals surface area (Å²) >= 11 is 0. The number of piperidine rings is 1. The number of carbonyl (C=O) groups is 3. The van der Waals surface area contributed by atoms with E-state index in [9.17, 15) is 19.5 Å². The van der Waals surface area contributed by atoms with Gasteiger partial charge in [0.15, 0.2) is 0 Å². The maximum Gasteiger partial charge on any atom is 0.331 e. The van der Waals surface area contributed by atoms with E-state index < -0.39 is 12.0 Å². The Labute approximate surface area is 194 Å². The molecular formula is C25H45N3O4. The monoisotopic (exact) mass is 451 g/mol. The van der Waals surface area contributed by atoms with Gasteiger partial charge in [-0.3, -0.25) is 14.5 Å². The molecule has 0 bridgehead atoms. The summed E-state index contributed by atoms with van der Waals surface area (Å²) < 4.78 is 0. The average Bonchev–Trinajstić information content (AvgIpc) is 2.73. The van der Waals surface area contributed by atoms with Crippen LogP contribution < -0.4 is 5.32 Å². The molecule has 1 fully saturated rings. The highest BCUT2D eigenvalue weighted by atomic mass is 16.4. The van der Waals surface area contributed by atoms with Crippen molar-refractivity contribution in [2.45, 2.75) is 105 Å². The number of likely N-dealkylation sites (N-methyl/N-ethyl adjacent to an activating group) is 1. The largest absolute Gasteiger partial charge is 0.478 e. The molecule has 1 rings (SSSR count). The summed E-state index contributed by atoms with van der Waals surface area (Å²) in [6, 6.07) is -1.28. The second kappa shape index (κ2) is 11.8. The first kappa shape index (κ1) is 28.1. The smallest absolute Gasteiger partial charge is 0.331 e. The fourth-order valence-corrected chi connectivity index (χ4v) is 4.34. The fraction of sp³-hybridized carbons (Fsp3) is 0.800. The summed E-state index contributed by atoms with van der Waals surface area (Å²) in [6.07, 6.45) is 5.44. The third-order valence-electron chi connectivity index (χ3n) is 6.91. The number of nitrogens with one attached hydrogen (secondary N) is 1. The average molecular weight is 452 g/mol. The Morgan fingerprint density at radius 2 is 1.75 bits per heavy atom. The molecule has 0 aromatic heterocycles. The third kappa shape index (κ3) is 7.06. The van der Waals surface area contributed by atoms with Crippen LogP contribution in [0.5, 0.6) is 0 Å². The van der Waals surface area contributed by atoms with Crippen LogP contribution in [0.3, 0.4) is 0 Å². The summed E-state index contributed by atoms with van der Waals surface area (Å²) in [5.74, 6) is -1.35. The topological polar surface area (TPSA) is 90.0 Å². The van der Waals surface area contributed by atoms with Crippen molar-refractivity contribution < 1.29 is 19.5 Å². The number of aliphatic carboxylic acids is 1. The standard InChI is InChI=1S/C25H45N3O4/c1-10-25(7,8)28-14-12-11-13-19(28)22(29)26-21(17(4)5)23(30)27(9)20(16(2)3)15-18(6)24(31)32/h15-17,19-21H,10-14H2,1-9H3,(H,26,29)(H,31,32)/b18-15+. The zero-order valence-electron chi connectivity index (χ0n) is 21.6. The summed E-state index contributed by atoms with van der Waals surface area (Å²) in [6.45, 7) is 16.6. The molecule has 1 heterocycles. The van der Waals surface area contributed by atoms with Crippen molar-refractivity contribution in [1.29, 1.82) is 0 Å². The number of rotatable bonds is 10. The van der Waals surface area contributed by atoms with Crippen LogP contribution in [-0.2, 0) is 14.4 Å². The number of carbonyl (C=O) groups excluding carboxylic acids is 2. The number of likely N-dealkylation sites (tertiary alicyclic amines) is 1. The maximum atomic E-state index is 13.5. The lowest BCUT2D eigenvalue weighted by Crippen LogP contribution is -2.61. The van der Waals surface area contributed by atoms with Gasteiger partial charge in [-0.25, -0.2) is 4.79 Å². The SMILES string of the molecule is CCC(C)(C)N1CCCCC1C(=O)NC(C(=O)N(C)C(/C=C(\C)C(=O)O)C(C)C)C(C)C. The van der Waals surface area contributed by atoms with Crippen LogP contribution in [0.1, 0.15) is 81.1 Å². The molecule has 7 heteroatoms. The molecule has 0 spiro atoms. The number of nitrogens with zero attached hydrogens (tertiary/aromatic N) is 2. The second-order valence-electron chi connectivity index (χ2n) is 10.4. The molecule has 0 aromatic carbocycles. The van der Waals surface area contributed by atoms with Crippen LogP contribution in [0.25, 0.3) is 0 Å². The zero-order valence-corrected chi connectivity index (χ0v) is 21.6. The first-order valence-electron chi connectivity index (χ1n) is 12.0. The molecule has 1 saturated heterocycles. The Kier molecular flexibility index (Phi) is 10.4. The third-order valence-corrected chi connectivity index (χ3v) is 6.91. The highest BCUT2D eigenvalue weighted by Crippen LogP contribution is 2.28. The molecule has 32 heavy (non-hydrogen) atoms. The molecule has 0 radical (unpaired) electrons. The molecule has 2 amide bonds. The summed E-state index contributed by atoms with van der Waals surface area (Å²) in [4.78, 5) is 42.0. The van der Waals surface area contributed by atoms with Crippen LogP contribution in [-0.4, -0.2) is 69.9 Å². The van der Waals surface area contributed by atoms with Gasteiger partial charge in [-0.15, -0.1) is 0 Å². The van der Waals surface area contributed by atoms with Gasteiger partial charge in [-0.1, -0.05) is 47.1 Å². The van der Waals surface area contributed by atoms with E-state index >= 15 is 0 Å². The van der Waals surface area contributed by atoms with E-state index in [0.717, 1.165) is 32.2 Å². The van der Waals surface area contributed by atoms with Gasteiger partial charge in [-0.05, 0) is 58.4 Å². The van der Waals surface area contributed by atoms with Crippen LogP contribution in [0.15, 0.2) is 11.6 Å². The van der Waals surface area contributed by atoms with Gasteiger partial charge in [0.2, 0.25) is 11.8 Å². The number of carboxylic acid groups (broad SMARTS) is 1. The van der Waals surface area contributed by atoms with Crippen LogP contribution in [0.4, 0.5) is 0 Å². The highest BCUT2D eigenvalue weighted by molar-refractivity contribution is 5.90. The lowest BCUT2D eigenvalue weighted by atomic mass is 9.90. The molecule has 0 aliphatic carbocycles. The Bertz CT molecular complexity index is 699. The molecule has 3 atom stereocenters. The van der Waals surface area contributed by atoms with Crippen LogP contribution in [0.2, 0.25) is 0 Å². The van der Waals surface area contributed by atoms with Crippen molar-refractivity contribution in [2.24, 2.45) is 11.8 Å². The number of amides is 2. The van der Waals surface area contributed by atoms with Crippen molar-refractivity contribution >= 4 is 17.8 Å². The van der Waals surface area contributed by atoms with E-state index in [4.69, 9.17) is 0 Å². The van der Waals surface area contributed by atoms with Crippen molar-refractivity contribution in [2.75, 3.05) is 13.6 Å². The van der Waals surface area contributed by atoms with E-state index in [1.165, 1.54) is 6.92 Å². The van der Waals surface area contributed by atoms with Crippen molar-refractivity contribution in [3.05, 3.63) is 11.6 Å². The first-order chi connectivity index (χ1) is 14.7. The molecule has 0 saturated carbocycles. The number of carboxylic acids is 1. The normalized spacial score (nSPS) is 20.2. The molecule has 0 aromatic rings. The van der Waals surface area contributed by atoms with Gasteiger partial charge < -0.3 is 15.3 Å². The van der Waals surface area contributed by atoms with E-state index in [-0.39, 0.29) is 46.8 Å². The zero-order chi connectivity index (χ0) is 24.8. The van der Waals surface area contributed by atoms with Crippen molar-refractivity contribution in [1.82, 2.24) is 15.1 Å². The van der Waals surface area contributed by atoms with Gasteiger partial charge in [0.1, 0.15) is 6.04 Å². The molecule has 1 aliphatic rings. The Morgan fingerprint density at radius 1 is 1.16 bits per heavy atom. The minimum atomic E-state index is -0.999. The maximum absolute atomic E-state index is 13.5. The van der Waals surface area contributed by atoms with E-state index in [2.05, 4.69) is 31.0 Å². The second-order valence-corrected chi connectivity index (χ2v) is 10.4. The van der Waals surface area contributed by atoms with Crippen LogP contribution in [0, 0.1) is 11.8 Å². The highest BCUT2D eigenvalue weighted by Gasteiger charge is 2.39. The van der Waals surface area contributed by atoms with E-state index in [1.54, 1.807) is 18.0 Å².